The Balaban J connectivity index is 2.32. The number of nitrogens with one attached hydrogen (secondary N) is 2. The maximum absolute atomic E-state index is 12.7. The molecule has 108 valence electrons. The molecule has 1 aliphatic heterocycles. The lowest BCUT2D eigenvalue weighted by Gasteiger charge is -2.18. The zero-order valence-corrected chi connectivity index (χ0v) is 12.9. The first kappa shape index (κ1) is 14.8. The molecule has 1 aromatic heterocycles. The smallest absolute Gasteiger partial charge is 0.262 e. The highest BCUT2D eigenvalue weighted by Gasteiger charge is 2.30. The van der Waals surface area contributed by atoms with Crippen LogP contribution < -0.4 is 5.32 Å². The third kappa shape index (κ3) is 3.13. The van der Waals surface area contributed by atoms with Crippen LogP contribution in [0.3, 0.4) is 0 Å². The van der Waals surface area contributed by atoms with Gasteiger partial charge in [0.1, 0.15) is 0 Å². The van der Waals surface area contributed by atoms with Crippen LogP contribution in [0, 0.1) is 6.92 Å². The summed E-state index contributed by atoms with van der Waals surface area (Å²) in [5.41, 5.74) is 1.54. The highest BCUT2D eigenvalue weighted by atomic mass is 32.2. The molecule has 1 saturated heterocycles. The van der Waals surface area contributed by atoms with Crippen LogP contribution >= 0.6 is 11.8 Å². The maximum atomic E-state index is 12.7. The molecule has 2 rings (SSSR count). The summed E-state index contributed by atoms with van der Waals surface area (Å²) in [6.07, 6.45) is 0.897. The summed E-state index contributed by atoms with van der Waals surface area (Å²) in [6.45, 7) is 3.49. The minimum atomic E-state index is -3.48. The molecule has 6 nitrogen and oxygen atoms in total. The SMILES string of the molecule is CNCc1c(S(=O)(=O)N2CCCSCC2)n[nH]c1C. The van der Waals surface area contributed by atoms with E-state index >= 15 is 0 Å². The fraction of sp³-hybridized carbons (Fsp3) is 0.727. The summed E-state index contributed by atoms with van der Waals surface area (Å²) in [5.74, 6) is 1.87. The predicted octanol–water partition coefficient (Wildman–Crippen LogP) is 0.565. The zero-order valence-electron chi connectivity index (χ0n) is 11.3. The van der Waals surface area contributed by atoms with Gasteiger partial charge in [0.15, 0.2) is 5.03 Å². The molecule has 1 aromatic rings. The quantitative estimate of drug-likeness (QED) is 0.850. The predicted molar refractivity (Wildman–Crippen MR) is 76.8 cm³/mol. The average Bonchev–Trinajstić information content (AvgIpc) is 2.61. The van der Waals surface area contributed by atoms with Gasteiger partial charge in [-0.15, -0.1) is 0 Å². The Labute approximate surface area is 118 Å². The minimum absolute atomic E-state index is 0.172. The summed E-state index contributed by atoms with van der Waals surface area (Å²) in [5, 5.41) is 9.96. The van der Waals surface area contributed by atoms with E-state index in [0.29, 0.717) is 19.6 Å². The molecule has 0 spiro atoms. The van der Waals surface area contributed by atoms with Crippen molar-refractivity contribution in [3.63, 3.8) is 0 Å². The standard InChI is InChI=1S/C11H20N4O2S2/c1-9-10(8-12-2)11(14-13-9)19(16,17)15-4-3-6-18-7-5-15/h12H,3-8H2,1-2H3,(H,13,14). The van der Waals surface area contributed by atoms with E-state index in [4.69, 9.17) is 0 Å². The van der Waals surface area contributed by atoms with Gasteiger partial charge in [-0.1, -0.05) is 0 Å². The van der Waals surface area contributed by atoms with Gasteiger partial charge in [0.2, 0.25) is 0 Å². The molecule has 8 heteroatoms. The van der Waals surface area contributed by atoms with Crippen molar-refractivity contribution in [3.8, 4) is 0 Å². The first-order valence-electron chi connectivity index (χ1n) is 6.33. The van der Waals surface area contributed by atoms with E-state index in [2.05, 4.69) is 15.5 Å². The number of aromatic amines is 1. The van der Waals surface area contributed by atoms with E-state index in [1.54, 1.807) is 23.1 Å². The summed E-state index contributed by atoms with van der Waals surface area (Å²) >= 11 is 1.80. The average molecular weight is 304 g/mol. The highest BCUT2D eigenvalue weighted by Crippen LogP contribution is 2.22. The largest absolute Gasteiger partial charge is 0.316 e. The molecule has 1 aliphatic rings. The molecule has 2 N–H and O–H groups in total. The van der Waals surface area contributed by atoms with Crippen LogP contribution in [0.5, 0.6) is 0 Å². The Morgan fingerprint density at radius 2 is 2.21 bits per heavy atom. The minimum Gasteiger partial charge on any atom is -0.316 e. The Bertz CT molecular complexity index is 519. The summed E-state index contributed by atoms with van der Waals surface area (Å²) in [4.78, 5) is 0. The van der Waals surface area contributed by atoms with E-state index in [-0.39, 0.29) is 5.03 Å². The molecule has 0 bridgehead atoms. The fourth-order valence-corrected chi connectivity index (χ4v) is 4.76. The van der Waals surface area contributed by atoms with Gasteiger partial charge in [0.25, 0.3) is 10.0 Å². The zero-order chi connectivity index (χ0) is 13.9. The van der Waals surface area contributed by atoms with Crippen molar-refractivity contribution in [1.29, 1.82) is 0 Å². The number of H-pyrrole nitrogens is 1. The van der Waals surface area contributed by atoms with Crippen molar-refractivity contribution >= 4 is 21.8 Å². The van der Waals surface area contributed by atoms with E-state index in [1.165, 1.54) is 0 Å². The number of thioether (sulfide) groups is 1. The molecule has 0 radical (unpaired) electrons. The summed E-state index contributed by atoms with van der Waals surface area (Å²) in [7, 11) is -1.68. The monoisotopic (exact) mass is 304 g/mol. The molecule has 0 saturated carbocycles. The third-order valence-electron chi connectivity index (χ3n) is 3.15. The third-order valence-corrected chi connectivity index (χ3v) is 6.07. The number of nitrogens with zero attached hydrogens (tertiary/aromatic N) is 2. The second-order valence-corrected chi connectivity index (χ2v) is 7.61. The van der Waals surface area contributed by atoms with Gasteiger partial charge in [-0.25, -0.2) is 8.42 Å². The molecule has 2 heterocycles. The molecular formula is C11H20N4O2S2. The maximum Gasteiger partial charge on any atom is 0.262 e. The molecule has 0 unspecified atom stereocenters. The number of hydrogen-bond donors (Lipinski definition) is 2. The fourth-order valence-electron chi connectivity index (χ4n) is 2.11. The Morgan fingerprint density at radius 1 is 1.42 bits per heavy atom. The van der Waals surface area contributed by atoms with Crippen molar-refractivity contribution in [3.05, 3.63) is 11.3 Å². The van der Waals surface area contributed by atoms with E-state index in [9.17, 15) is 8.42 Å². The molecule has 0 aliphatic carbocycles. The van der Waals surface area contributed by atoms with Crippen molar-refractivity contribution < 1.29 is 8.42 Å². The number of aryl methyl sites for hydroxylation is 1. The molecule has 1 fully saturated rings. The van der Waals surface area contributed by atoms with Gasteiger partial charge >= 0.3 is 0 Å². The molecule has 0 aromatic carbocycles. The van der Waals surface area contributed by atoms with Crippen LogP contribution in [-0.2, 0) is 16.6 Å². The highest BCUT2D eigenvalue weighted by molar-refractivity contribution is 7.99. The Kier molecular flexibility index (Phi) is 4.88. The number of aromatic nitrogens is 2. The number of rotatable bonds is 4. The summed E-state index contributed by atoms with van der Waals surface area (Å²) < 4.78 is 26.9. The lowest BCUT2D eigenvalue weighted by Crippen LogP contribution is -2.34. The molecular weight excluding hydrogens is 284 g/mol. The summed E-state index contributed by atoms with van der Waals surface area (Å²) in [6, 6.07) is 0. The van der Waals surface area contributed by atoms with Crippen LogP contribution in [-0.4, -0.2) is 54.6 Å². The van der Waals surface area contributed by atoms with Crippen LogP contribution in [0.2, 0.25) is 0 Å². The van der Waals surface area contributed by atoms with Gasteiger partial charge in [-0.2, -0.15) is 21.2 Å². The van der Waals surface area contributed by atoms with Gasteiger partial charge in [0, 0.05) is 36.6 Å². The van der Waals surface area contributed by atoms with Crippen molar-refractivity contribution in [2.24, 2.45) is 0 Å². The van der Waals surface area contributed by atoms with Gasteiger partial charge in [0.05, 0.1) is 0 Å². The lowest BCUT2D eigenvalue weighted by molar-refractivity contribution is 0.431. The van der Waals surface area contributed by atoms with Gasteiger partial charge < -0.3 is 5.32 Å². The molecule has 0 amide bonds. The second kappa shape index (κ2) is 6.25. The van der Waals surface area contributed by atoms with Gasteiger partial charge in [-0.3, -0.25) is 5.10 Å². The lowest BCUT2D eigenvalue weighted by atomic mass is 10.3. The second-order valence-electron chi connectivity index (χ2n) is 4.53. The first-order valence-corrected chi connectivity index (χ1v) is 8.93. The molecule has 19 heavy (non-hydrogen) atoms. The Hall–Kier alpha value is -0.570. The molecule has 0 atom stereocenters. The topological polar surface area (TPSA) is 78.1 Å². The number of sulfonamides is 1. The van der Waals surface area contributed by atoms with Crippen molar-refractivity contribution in [2.75, 3.05) is 31.6 Å². The number of hydrogen-bond acceptors (Lipinski definition) is 5. The van der Waals surface area contributed by atoms with Crippen molar-refractivity contribution in [2.45, 2.75) is 24.9 Å². The van der Waals surface area contributed by atoms with E-state index < -0.39 is 10.0 Å². The Morgan fingerprint density at radius 3 is 2.95 bits per heavy atom. The van der Waals surface area contributed by atoms with Crippen LogP contribution in [0.25, 0.3) is 0 Å². The van der Waals surface area contributed by atoms with Crippen molar-refractivity contribution in [1.82, 2.24) is 19.8 Å². The normalized spacial score (nSPS) is 18.4. The first-order chi connectivity index (χ1) is 9.07. The van der Waals surface area contributed by atoms with Crippen LogP contribution in [0.4, 0.5) is 0 Å². The van der Waals surface area contributed by atoms with Crippen LogP contribution in [0.15, 0.2) is 5.03 Å². The van der Waals surface area contributed by atoms with Gasteiger partial charge in [-0.05, 0) is 26.1 Å². The van der Waals surface area contributed by atoms with E-state index in [1.807, 2.05) is 6.92 Å². The van der Waals surface area contributed by atoms with Crippen LogP contribution in [0.1, 0.15) is 17.7 Å². The van der Waals surface area contributed by atoms with E-state index in [0.717, 1.165) is 29.2 Å².